The van der Waals surface area contributed by atoms with Gasteiger partial charge < -0.3 is 14.7 Å². The maximum absolute atomic E-state index is 13.2. The molecular weight excluding hydrogens is 266 g/mol. The monoisotopic (exact) mass is 291 g/mol. The highest BCUT2D eigenvalue weighted by atomic mass is 16.5. The molecule has 2 saturated heterocycles. The van der Waals surface area contributed by atoms with Gasteiger partial charge >= 0.3 is 0 Å². The summed E-state index contributed by atoms with van der Waals surface area (Å²) in [6.45, 7) is 8.80. The molecule has 2 unspecified atom stereocenters. The molecule has 1 N–H and O–H groups in total. The van der Waals surface area contributed by atoms with Crippen LogP contribution < -0.4 is 5.32 Å². The second kappa shape index (κ2) is 5.44. The molecule has 1 aromatic heterocycles. The Morgan fingerprint density at radius 1 is 1.57 bits per heavy atom. The van der Waals surface area contributed by atoms with E-state index in [1.807, 2.05) is 17.9 Å². The van der Waals surface area contributed by atoms with Crippen LogP contribution in [0.5, 0.6) is 0 Å². The van der Waals surface area contributed by atoms with Crippen LogP contribution in [0.4, 0.5) is 0 Å². The third-order valence-electron chi connectivity index (χ3n) is 5.21. The number of likely N-dealkylation sites (tertiary alicyclic amines) is 1. The molecule has 1 amide bonds. The second-order valence-electron chi connectivity index (χ2n) is 6.76. The van der Waals surface area contributed by atoms with E-state index in [0.29, 0.717) is 11.8 Å². The van der Waals surface area contributed by atoms with Crippen molar-refractivity contribution in [2.45, 2.75) is 46.1 Å². The van der Waals surface area contributed by atoms with Crippen LogP contribution in [0.15, 0.2) is 10.6 Å². The van der Waals surface area contributed by atoms with Crippen molar-refractivity contribution < 1.29 is 9.32 Å². The minimum Gasteiger partial charge on any atom is -0.359 e. The van der Waals surface area contributed by atoms with E-state index >= 15 is 0 Å². The van der Waals surface area contributed by atoms with E-state index in [4.69, 9.17) is 4.52 Å². The molecule has 0 aromatic carbocycles. The Kier molecular flexibility index (Phi) is 3.78. The first-order valence-corrected chi connectivity index (χ1v) is 7.99. The molecule has 0 bridgehead atoms. The number of nitrogens with one attached hydrogen (secondary N) is 1. The maximum atomic E-state index is 13.2. The van der Waals surface area contributed by atoms with Crippen molar-refractivity contribution in [2.75, 3.05) is 19.6 Å². The smallest absolute Gasteiger partial charge is 0.231 e. The van der Waals surface area contributed by atoms with Gasteiger partial charge in [0.2, 0.25) is 5.91 Å². The fraction of sp³-hybridized carbons (Fsp3) is 0.750. The largest absolute Gasteiger partial charge is 0.359 e. The molecule has 1 aromatic rings. The number of rotatable bonds is 3. The van der Waals surface area contributed by atoms with E-state index < -0.39 is 0 Å². The third-order valence-corrected chi connectivity index (χ3v) is 5.21. The minimum absolute atomic E-state index is 0.0647. The van der Waals surface area contributed by atoms with E-state index in [9.17, 15) is 4.79 Å². The lowest BCUT2D eigenvalue weighted by molar-refractivity contribution is -0.145. The molecule has 0 aliphatic carbocycles. The summed E-state index contributed by atoms with van der Waals surface area (Å²) in [6.07, 6.45) is 2.95. The molecule has 2 atom stereocenters. The Hall–Kier alpha value is -1.36. The fourth-order valence-corrected chi connectivity index (χ4v) is 3.77. The Morgan fingerprint density at radius 3 is 2.95 bits per heavy atom. The highest BCUT2D eigenvalue weighted by Gasteiger charge is 2.48. The summed E-state index contributed by atoms with van der Waals surface area (Å²) in [4.78, 5) is 15.3. The van der Waals surface area contributed by atoms with Crippen molar-refractivity contribution in [2.24, 2.45) is 11.3 Å². The molecule has 5 heteroatoms. The van der Waals surface area contributed by atoms with Gasteiger partial charge in [-0.3, -0.25) is 4.79 Å². The lowest BCUT2D eigenvalue weighted by Crippen LogP contribution is -2.48. The first-order valence-electron chi connectivity index (χ1n) is 7.99. The summed E-state index contributed by atoms with van der Waals surface area (Å²) in [7, 11) is 0. The summed E-state index contributed by atoms with van der Waals surface area (Å²) < 4.78 is 5.43. The lowest BCUT2D eigenvalue weighted by Gasteiger charge is -2.37. The van der Waals surface area contributed by atoms with E-state index in [1.165, 1.54) is 0 Å². The molecule has 5 nitrogen and oxygen atoms in total. The van der Waals surface area contributed by atoms with Gasteiger partial charge in [-0.15, -0.1) is 0 Å². The highest BCUT2D eigenvalue weighted by Crippen LogP contribution is 2.41. The number of hydrogen-bond acceptors (Lipinski definition) is 4. The third kappa shape index (κ3) is 2.37. The van der Waals surface area contributed by atoms with Gasteiger partial charge in [-0.2, -0.15) is 0 Å². The van der Waals surface area contributed by atoms with Crippen LogP contribution in [0.25, 0.3) is 0 Å². The van der Waals surface area contributed by atoms with Gasteiger partial charge in [0.05, 0.1) is 17.2 Å². The van der Waals surface area contributed by atoms with Gasteiger partial charge in [0.15, 0.2) is 5.76 Å². The lowest BCUT2D eigenvalue weighted by atomic mass is 9.75. The number of carbonyl (C=O) groups excluding carboxylic acids is 1. The normalized spacial score (nSPS) is 29.5. The van der Waals surface area contributed by atoms with Gasteiger partial charge in [-0.05, 0) is 38.6 Å². The minimum atomic E-state index is -0.252. The van der Waals surface area contributed by atoms with Gasteiger partial charge in [-0.1, -0.05) is 19.0 Å². The van der Waals surface area contributed by atoms with Gasteiger partial charge in [0, 0.05) is 19.2 Å². The van der Waals surface area contributed by atoms with Gasteiger partial charge in [-0.25, -0.2) is 0 Å². The average Bonchev–Trinajstić information content (AvgIpc) is 3.18. The SMILES string of the molecule is Cc1cc(C2CCCN2C(=O)C2(C(C)C)CCNC2)on1. The zero-order chi connectivity index (χ0) is 15.0. The topological polar surface area (TPSA) is 58.4 Å². The van der Waals surface area contributed by atoms with Crippen LogP contribution in [-0.2, 0) is 4.79 Å². The standard InChI is InChI=1S/C16H25N3O2/c1-11(2)16(6-7-17-10-16)15(20)19-8-4-5-13(19)14-9-12(3)18-21-14/h9,11,13,17H,4-8,10H2,1-3H3. The van der Waals surface area contributed by atoms with Crippen molar-refractivity contribution in [3.05, 3.63) is 17.5 Å². The number of nitrogens with zero attached hydrogens (tertiary/aromatic N) is 2. The molecule has 3 rings (SSSR count). The predicted octanol–water partition coefficient (Wildman–Crippen LogP) is 2.28. The molecular formula is C16H25N3O2. The second-order valence-corrected chi connectivity index (χ2v) is 6.76. The molecule has 2 fully saturated rings. The van der Waals surface area contributed by atoms with Crippen molar-refractivity contribution in [1.29, 1.82) is 0 Å². The van der Waals surface area contributed by atoms with Crippen molar-refractivity contribution in [1.82, 2.24) is 15.4 Å². The molecule has 116 valence electrons. The Labute approximate surface area is 126 Å². The molecule has 3 heterocycles. The zero-order valence-electron chi connectivity index (χ0n) is 13.2. The summed E-state index contributed by atoms with van der Waals surface area (Å²) in [5.41, 5.74) is 0.628. The number of carbonyl (C=O) groups is 1. The highest BCUT2D eigenvalue weighted by molar-refractivity contribution is 5.84. The van der Waals surface area contributed by atoms with E-state index in [2.05, 4.69) is 24.3 Å². The molecule has 0 spiro atoms. The van der Waals surface area contributed by atoms with E-state index in [0.717, 1.165) is 50.4 Å². The molecule has 21 heavy (non-hydrogen) atoms. The number of hydrogen-bond donors (Lipinski definition) is 1. The van der Waals surface area contributed by atoms with Crippen LogP contribution in [0.2, 0.25) is 0 Å². The number of amides is 1. The first kappa shape index (κ1) is 14.6. The number of aromatic nitrogens is 1. The van der Waals surface area contributed by atoms with Crippen molar-refractivity contribution >= 4 is 5.91 Å². The summed E-state index contributed by atoms with van der Waals surface area (Å²) in [5, 5.41) is 7.35. The summed E-state index contributed by atoms with van der Waals surface area (Å²) in [6, 6.07) is 2.03. The Balaban J connectivity index is 1.86. The Morgan fingerprint density at radius 2 is 2.38 bits per heavy atom. The van der Waals surface area contributed by atoms with E-state index in [1.54, 1.807) is 0 Å². The molecule has 2 aliphatic rings. The predicted molar refractivity (Wildman–Crippen MR) is 79.7 cm³/mol. The average molecular weight is 291 g/mol. The summed E-state index contributed by atoms with van der Waals surface area (Å²) >= 11 is 0. The summed E-state index contributed by atoms with van der Waals surface area (Å²) in [5.74, 6) is 1.47. The zero-order valence-corrected chi connectivity index (χ0v) is 13.2. The fourth-order valence-electron chi connectivity index (χ4n) is 3.77. The first-order chi connectivity index (χ1) is 10.0. The van der Waals surface area contributed by atoms with Crippen LogP contribution in [-0.4, -0.2) is 35.6 Å². The molecule has 0 radical (unpaired) electrons. The van der Waals surface area contributed by atoms with Crippen molar-refractivity contribution in [3.8, 4) is 0 Å². The molecule has 0 saturated carbocycles. The van der Waals surface area contributed by atoms with Crippen LogP contribution in [0.3, 0.4) is 0 Å². The molecule has 2 aliphatic heterocycles. The van der Waals surface area contributed by atoms with Crippen LogP contribution in [0.1, 0.15) is 50.6 Å². The quantitative estimate of drug-likeness (QED) is 0.928. The van der Waals surface area contributed by atoms with Crippen molar-refractivity contribution in [3.63, 3.8) is 0 Å². The van der Waals surface area contributed by atoms with Crippen LogP contribution in [0, 0.1) is 18.3 Å². The van der Waals surface area contributed by atoms with Gasteiger partial charge in [0.25, 0.3) is 0 Å². The Bertz CT molecular complexity index is 517. The van der Waals surface area contributed by atoms with Crippen LogP contribution >= 0.6 is 0 Å². The maximum Gasteiger partial charge on any atom is 0.231 e. The van der Waals surface area contributed by atoms with E-state index in [-0.39, 0.29) is 11.5 Å². The van der Waals surface area contributed by atoms with Gasteiger partial charge in [0.1, 0.15) is 0 Å². The number of aryl methyl sites for hydroxylation is 1.